The molecular weight excluding hydrogens is 607 g/mol. The largest absolute Gasteiger partial charge is 0.405 e. The Morgan fingerprint density at radius 2 is 1.70 bits per heavy atom. The third-order valence-corrected chi connectivity index (χ3v) is 8.71. The first-order chi connectivity index (χ1) is 22.5. The van der Waals surface area contributed by atoms with Crippen LogP contribution in [0, 0.1) is 0 Å². The maximum absolute atomic E-state index is 12.9. The minimum absolute atomic E-state index is 0.0570. The van der Waals surface area contributed by atoms with Gasteiger partial charge in [-0.05, 0) is 57.8 Å². The smallest absolute Gasteiger partial charge is 0.355 e. The molecular formula is C33H49N6O6P. The van der Waals surface area contributed by atoms with E-state index in [9.17, 15) is 14.2 Å². The number of allylic oxidation sites excluding steroid dienone is 10. The number of imidazole rings is 1. The molecule has 2 aromatic rings. The molecule has 1 saturated heterocycles. The Labute approximate surface area is 271 Å². The van der Waals surface area contributed by atoms with Gasteiger partial charge < -0.3 is 19.6 Å². The quantitative estimate of drug-likeness (QED) is 0.0765. The van der Waals surface area contributed by atoms with Crippen LogP contribution in [0.25, 0.3) is 11.2 Å². The molecule has 3 rings (SSSR count). The summed E-state index contributed by atoms with van der Waals surface area (Å²) in [7, 11) is -2.27. The second-order valence-electron chi connectivity index (χ2n) is 10.7. The Kier molecular flexibility index (Phi) is 17.2. The van der Waals surface area contributed by atoms with Gasteiger partial charge in [0.1, 0.15) is 11.9 Å². The summed E-state index contributed by atoms with van der Waals surface area (Å²) in [6.07, 6.45) is 32.1. The Bertz CT molecular complexity index is 1450. The number of carbonyl (C=O) groups excluding carboxylic acids is 1. The monoisotopic (exact) mass is 656 g/mol. The predicted octanol–water partition coefficient (Wildman–Crippen LogP) is 6.20. The van der Waals surface area contributed by atoms with Crippen LogP contribution in [0.3, 0.4) is 0 Å². The van der Waals surface area contributed by atoms with Gasteiger partial charge in [-0.15, -0.1) is 0 Å². The number of H-pyrrole nitrogens is 1. The first kappa shape index (κ1) is 37.1. The summed E-state index contributed by atoms with van der Waals surface area (Å²) in [4.78, 5) is 34.8. The van der Waals surface area contributed by atoms with Crippen molar-refractivity contribution >= 4 is 24.8 Å². The van der Waals surface area contributed by atoms with Gasteiger partial charge in [0, 0.05) is 26.6 Å². The Hall–Kier alpha value is -3.41. The van der Waals surface area contributed by atoms with E-state index in [1.165, 1.54) is 13.4 Å². The number of amides is 1. The molecule has 3 atom stereocenters. The first-order valence-corrected chi connectivity index (χ1v) is 17.6. The van der Waals surface area contributed by atoms with Crippen molar-refractivity contribution in [3.63, 3.8) is 0 Å². The van der Waals surface area contributed by atoms with Gasteiger partial charge in [-0.2, -0.15) is 4.98 Å². The summed E-state index contributed by atoms with van der Waals surface area (Å²) < 4.78 is 31.4. The van der Waals surface area contributed by atoms with E-state index in [2.05, 4.69) is 93.0 Å². The topological polar surface area (TPSA) is 149 Å². The van der Waals surface area contributed by atoms with Crippen molar-refractivity contribution in [2.24, 2.45) is 0 Å². The van der Waals surface area contributed by atoms with Crippen molar-refractivity contribution in [1.82, 2.24) is 29.9 Å². The second kappa shape index (κ2) is 21.4. The molecule has 13 heteroatoms. The zero-order chi connectivity index (χ0) is 32.9. The van der Waals surface area contributed by atoms with Crippen molar-refractivity contribution in [2.45, 2.75) is 83.5 Å². The van der Waals surface area contributed by atoms with Crippen molar-refractivity contribution in [3.8, 4) is 0 Å². The summed E-state index contributed by atoms with van der Waals surface area (Å²) in [5.41, 5.74) is 0.373. The van der Waals surface area contributed by atoms with Crippen LogP contribution in [0.5, 0.6) is 0 Å². The van der Waals surface area contributed by atoms with Gasteiger partial charge in [-0.3, -0.25) is 18.7 Å². The molecule has 3 heterocycles. The van der Waals surface area contributed by atoms with E-state index >= 15 is 0 Å². The molecule has 252 valence electrons. The third-order valence-electron chi connectivity index (χ3n) is 7.13. The Morgan fingerprint density at radius 1 is 1.02 bits per heavy atom. The average Bonchev–Trinajstić information content (AvgIpc) is 3.72. The fourth-order valence-corrected chi connectivity index (χ4v) is 5.76. The van der Waals surface area contributed by atoms with Crippen LogP contribution < -0.4 is 16.0 Å². The molecule has 2 aromatic heterocycles. The van der Waals surface area contributed by atoms with Crippen LogP contribution in [0.2, 0.25) is 0 Å². The number of hydrogen-bond acceptors (Lipinski definition) is 8. The van der Waals surface area contributed by atoms with Gasteiger partial charge in [-0.25, -0.2) is 14.6 Å². The molecule has 0 radical (unpaired) electrons. The number of rotatable bonds is 22. The van der Waals surface area contributed by atoms with Crippen LogP contribution in [0.1, 0.15) is 77.4 Å². The summed E-state index contributed by atoms with van der Waals surface area (Å²) in [5.74, 6) is -0.0585. The van der Waals surface area contributed by atoms with Crippen LogP contribution in [-0.4, -0.2) is 58.3 Å². The lowest BCUT2D eigenvalue weighted by Crippen LogP contribution is -2.31. The maximum Gasteiger partial charge on any atom is 0.405 e. The lowest BCUT2D eigenvalue weighted by Gasteiger charge is -2.20. The fourth-order valence-electron chi connectivity index (χ4n) is 4.68. The number of unbranched alkanes of at least 4 members (excludes halogenated alkanes) is 1. The minimum atomic E-state index is -3.57. The number of ether oxygens (including phenoxy) is 1. The maximum atomic E-state index is 12.9. The van der Waals surface area contributed by atoms with E-state index in [1.807, 2.05) is 0 Å². The number of aromatic amines is 1. The van der Waals surface area contributed by atoms with Gasteiger partial charge in [0.2, 0.25) is 5.91 Å². The molecule has 1 fully saturated rings. The third kappa shape index (κ3) is 13.5. The number of hydrogen-bond donors (Lipinski definition) is 3. The van der Waals surface area contributed by atoms with Gasteiger partial charge >= 0.3 is 13.3 Å². The van der Waals surface area contributed by atoms with Gasteiger partial charge in [0.05, 0.1) is 25.4 Å². The molecule has 0 saturated carbocycles. The zero-order valence-electron chi connectivity index (χ0n) is 27.0. The molecule has 0 spiro atoms. The van der Waals surface area contributed by atoms with Gasteiger partial charge in [0.25, 0.3) is 0 Å². The number of nitrogens with zero attached hydrogens (tertiary/aromatic N) is 3. The van der Waals surface area contributed by atoms with Crippen molar-refractivity contribution in [1.29, 1.82) is 0 Å². The lowest BCUT2D eigenvalue weighted by molar-refractivity contribution is -0.121. The molecule has 1 amide bonds. The molecule has 0 aliphatic carbocycles. The van der Waals surface area contributed by atoms with Crippen LogP contribution in [0.4, 0.5) is 0 Å². The van der Waals surface area contributed by atoms with E-state index in [4.69, 9.17) is 13.8 Å². The molecule has 0 aromatic carbocycles. The summed E-state index contributed by atoms with van der Waals surface area (Å²) in [6, 6.07) is 0. The molecule has 2 unspecified atom stereocenters. The normalized spacial score (nSPS) is 18.7. The zero-order valence-corrected chi connectivity index (χ0v) is 27.9. The van der Waals surface area contributed by atoms with Crippen molar-refractivity contribution in [3.05, 3.63) is 83.8 Å². The van der Waals surface area contributed by atoms with Crippen molar-refractivity contribution in [2.75, 3.05) is 26.8 Å². The van der Waals surface area contributed by atoms with Gasteiger partial charge in [-0.1, -0.05) is 67.7 Å². The first-order valence-electron chi connectivity index (χ1n) is 16.1. The number of carbonyl (C=O) groups is 1. The van der Waals surface area contributed by atoms with E-state index in [1.54, 1.807) is 10.9 Å². The predicted molar refractivity (Wildman–Crippen MR) is 181 cm³/mol. The minimum Gasteiger partial charge on any atom is -0.355 e. The summed E-state index contributed by atoms with van der Waals surface area (Å²) in [5, 5.41) is 5.60. The van der Waals surface area contributed by atoms with Crippen molar-refractivity contribution < 1.29 is 23.1 Å². The fraction of sp³-hybridized carbons (Fsp3) is 0.515. The van der Waals surface area contributed by atoms with E-state index in [0.717, 1.165) is 44.9 Å². The van der Waals surface area contributed by atoms with E-state index < -0.39 is 13.3 Å². The summed E-state index contributed by atoms with van der Waals surface area (Å²) in [6.45, 7) is 2.71. The number of nitrogens with one attached hydrogen (secondary N) is 3. The second-order valence-corrected chi connectivity index (χ2v) is 12.6. The highest BCUT2D eigenvalue weighted by molar-refractivity contribution is 7.51. The highest BCUT2D eigenvalue weighted by Gasteiger charge is 2.31. The standard InChI is InChI=1S/C33H49N6O6P/c1-3-4-5-6-7-8-9-10-11-12-13-14-15-16-17-18-19-20-29(40)34-23-24-38-46(42,43-2)44-25-28-21-22-30(45-28)39-27-37-31-32(39)35-26-36-33(31)41/h4-5,7-8,10-11,13-14,16-17,26-28,30H,3,6,9,12,15,18-25H2,1-2H3,(H,34,40)(H,38,42)(H,35,36,41)/b5-4-,8-7-,11-10-,14-13-,17-16-/t28-,30?,46?/m0/s1. The SMILES string of the molecule is CC/C=C\C/C=C\C/C=C\C/C=C\C/C=C\CCCC(=O)NCCNP(=O)(OC)OC[C@@H]1CCC(n2cnc3c(=O)nc[nH]c32)O1. The lowest BCUT2D eigenvalue weighted by atomic mass is 10.2. The molecule has 12 nitrogen and oxygen atoms in total. The molecule has 3 N–H and O–H groups in total. The highest BCUT2D eigenvalue weighted by Crippen LogP contribution is 2.43. The number of aromatic nitrogens is 4. The highest BCUT2D eigenvalue weighted by atomic mass is 31.2. The number of fused-ring (bicyclic) bond motifs is 1. The van der Waals surface area contributed by atoms with E-state index in [-0.39, 0.29) is 36.9 Å². The Balaban J connectivity index is 1.20. The van der Waals surface area contributed by atoms with Crippen LogP contribution in [0.15, 0.2) is 78.2 Å². The average molecular weight is 657 g/mol. The molecule has 0 bridgehead atoms. The van der Waals surface area contributed by atoms with E-state index in [0.29, 0.717) is 31.5 Å². The molecule has 46 heavy (non-hydrogen) atoms. The van der Waals surface area contributed by atoms with Crippen LogP contribution >= 0.6 is 7.75 Å². The van der Waals surface area contributed by atoms with Gasteiger partial charge in [0.15, 0.2) is 5.52 Å². The van der Waals surface area contributed by atoms with Crippen LogP contribution in [-0.2, 0) is 23.1 Å². The molecule has 1 aliphatic rings. The summed E-state index contributed by atoms with van der Waals surface area (Å²) >= 11 is 0. The molecule has 1 aliphatic heterocycles. The Morgan fingerprint density at radius 3 is 2.37 bits per heavy atom.